The minimum Gasteiger partial charge on any atom is -0.507 e. The van der Waals surface area contributed by atoms with Gasteiger partial charge in [0.15, 0.2) is 0 Å². The highest BCUT2D eigenvalue weighted by Gasteiger charge is 2.16. The second-order valence-electron chi connectivity index (χ2n) is 6.50. The van der Waals surface area contributed by atoms with Crippen LogP contribution in [0, 0.1) is 13.8 Å². The van der Waals surface area contributed by atoms with E-state index in [0.29, 0.717) is 27.7 Å². The zero-order valence-electron chi connectivity index (χ0n) is 15.9. The Labute approximate surface area is 167 Å². The van der Waals surface area contributed by atoms with E-state index < -0.39 is 17.6 Å². The summed E-state index contributed by atoms with van der Waals surface area (Å²) in [5.41, 5.74) is 7.29. The Hall–Kier alpha value is -4.00. The summed E-state index contributed by atoms with van der Waals surface area (Å²) in [4.78, 5) is 40.8. The molecule has 2 aromatic carbocycles. The summed E-state index contributed by atoms with van der Waals surface area (Å²) in [6.45, 7) is 3.64. The third-order valence-corrected chi connectivity index (χ3v) is 4.22. The largest absolute Gasteiger partial charge is 0.507 e. The summed E-state index contributed by atoms with van der Waals surface area (Å²) in [5, 5.41) is 10.6. The Morgan fingerprint density at radius 2 is 1.66 bits per heavy atom. The summed E-state index contributed by atoms with van der Waals surface area (Å²) < 4.78 is 0. The number of aromatic nitrogens is 1. The van der Waals surface area contributed by atoms with Crippen molar-refractivity contribution in [3.8, 4) is 0 Å². The van der Waals surface area contributed by atoms with Crippen LogP contribution in [-0.2, 0) is 9.59 Å². The van der Waals surface area contributed by atoms with E-state index in [9.17, 15) is 19.5 Å². The number of carbonyl (C=O) groups excluding carboxylic acids is 3. The van der Waals surface area contributed by atoms with Crippen LogP contribution in [0.2, 0.25) is 0 Å². The maximum Gasteiger partial charge on any atom is 0.310 e. The molecule has 0 atom stereocenters. The van der Waals surface area contributed by atoms with Crippen molar-refractivity contribution < 1.29 is 19.5 Å². The van der Waals surface area contributed by atoms with Crippen LogP contribution >= 0.6 is 0 Å². The molecule has 3 N–H and O–H groups in total. The number of para-hydroxylation sites is 1. The van der Waals surface area contributed by atoms with E-state index in [4.69, 9.17) is 0 Å². The van der Waals surface area contributed by atoms with Crippen LogP contribution in [0.25, 0.3) is 16.7 Å². The summed E-state index contributed by atoms with van der Waals surface area (Å²) in [6.07, 6.45) is 0.804. The number of pyridine rings is 1. The number of fused-ring (bicyclic) bond motifs is 1. The van der Waals surface area contributed by atoms with Crippen molar-refractivity contribution in [1.82, 2.24) is 15.8 Å². The molecule has 3 aromatic rings. The molecule has 1 heterocycles. The van der Waals surface area contributed by atoms with Crippen LogP contribution in [0.15, 0.2) is 60.7 Å². The monoisotopic (exact) mass is 389 g/mol. The molecule has 0 aliphatic rings. The number of hydrazine groups is 1. The Morgan fingerprint density at radius 1 is 0.966 bits per heavy atom. The number of rotatable bonds is 4. The van der Waals surface area contributed by atoms with Gasteiger partial charge >= 0.3 is 5.91 Å². The first-order valence-corrected chi connectivity index (χ1v) is 8.84. The summed E-state index contributed by atoms with van der Waals surface area (Å²) in [7, 11) is 0. The number of nitrogens with zero attached hydrogens (tertiary/aromatic N) is 1. The molecule has 7 nitrogen and oxygen atoms in total. The lowest BCUT2D eigenvalue weighted by molar-refractivity contribution is -0.135. The molecule has 0 radical (unpaired) electrons. The van der Waals surface area contributed by atoms with E-state index in [1.54, 1.807) is 55.5 Å². The highest BCUT2D eigenvalue weighted by Crippen LogP contribution is 2.18. The first kappa shape index (κ1) is 19.8. The molecule has 0 spiro atoms. The number of aryl methyl sites for hydroxylation is 2. The van der Waals surface area contributed by atoms with Crippen molar-refractivity contribution in [2.75, 3.05) is 0 Å². The summed E-state index contributed by atoms with van der Waals surface area (Å²) in [5.74, 6) is -3.00. The van der Waals surface area contributed by atoms with E-state index in [0.717, 1.165) is 11.6 Å². The molecule has 7 heteroatoms. The first-order valence-electron chi connectivity index (χ1n) is 8.84. The summed E-state index contributed by atoms with van der Waals surface area (Å²) in [6, 6.07) is 15.5. The summed E-state index contributed by atoms with van der Waals surface area (Å²) >= 11 is 0. The van der Waals surface area contributed by atoms with Crippen molar-refractivity contribution in [1.29, 1.82) is 0 Å². The van der Waals surface area contributed by atoms with Crippen molar-refractivity contribution in [2.24, 2.45) is 0 Å². The van der Waals surface area contributed by atoms with Crippen LogP contribution in [0.4, 0.5) is 0 Å². The van der Waals surface area contributed by atoms with Gasteiger partial charge in [-0.2, -0.15) is 0 Å². The fourth-order valence-corrected chi connectivity index (χ4v) is 2.74. The van der Waals surface area contributed by atoms with Crippen molar-refractivity contribution in [3.63, 3.8) is 0 Å². The van der Waals surface area contributed by atoms with Crippen molar-refractivity contribution in [3.05, 3.63) is 83.1 Å². The van der Waals surface area contributed by atoms with Gasteiger partial charge in [0.1, 0.15) is 5.76 Å². The number of carbonyl (C=O) groups is 3. The van der Waals surface area contributed by atoms with Crippen LogP contribution in [0.3, 0.4) is 0 Å². The average molecular weight is 389 g/mol. The topological polar surface area (TPSA) is 108 Å². The molecule has 0 aliphatic heterocycles. The number of amides is 2. The molecular weight excluding hydrogens is 370 g/mol. The normalized spacial score (nSPS) is 11.2. The van der Waals surface area contributed by atoms with Crippen molar-refractivity contribution >= 4 is 34.3 Å². The molecule has 29 heavy (non-hydrogen) atoms. The lowest BCUT2D eigenvalue weighted by Crippen LogP contribution is -2.44. The van der Waals surface area contributed by atoms with E-state index >= 15 is 0 Å². The van der Waals surface area contributed by atoms with Crippen molar-refractivity contribution in [2.45, 2.75) is 13.8 Å². The second-order valence-corrected chi connectivity index (χ2v) is 6.50. The van der Waals surface area contributed by atoms with Gasteiger partial charge in [-0.1, -0.05) is 48.0 Å². The Balaban J connectivity index is 1.69. The molecule has 2 amide bonds. The van der Waals surface area contributed by atoms with Gasteiger partial charge in [-0.15, -0.1) is 0 Å². The van der Waals surface area contributed by atoms with Crippen LogP contribution in [0.1, 0.15) is 27.2 Å². The molecule has 1 aromatic heterocycles. The maximum absolute atomic E-state index is 12.5. The van der Waals surface area contributed by atoms with Gasteiger partial charge in [0.2, 0.25) is 5.78 Å². The number of hydrogen-bond donors (Lipinski definition) is 3. The van der Waals surface area contributed by atoms with Crippen LogP contribution < -0.4 is 10.9 Å². The van der Waals surface area contributed by atoms with E-state index in [1.165, 1.54) is 0 Å². The Morgan fingerprint density at radius 3 is 2.38 bits per heavy atom. The van der Waals surface area contributed by atoms with Gasteiger partial charge in [0.25, 0.3) is 5.91 Å². The number of hydrogen-bond acceptors (Lipinski definition) is 5. The van der Waals surface area contributed by atoms with Gasteiger partial charge in [-0.05, 0) is 26.0 Å². The zero-order valence-corrected chi connectivity index (χ0v) is 15.9. The Bertz CT molecular complexity index is 1130. The van der Waals surface area contributed by atoms with Gasteiger partial charge in [0.05, 0.1) is 11.1 Å². The van der Waals surface area contributed by atoms with Gasteiger partial charge < -0.3 is 5.11 Å². The molecular formula is C22H19N3O4. The number of aliphatic hydroxyl groups is 1. The lowest BCUT2D eigenvalue weighted by atomic mass is 10.1. The Kier molecular flexibility index (Phi) is 5.69. The smallest absolute Gasteiger partial charge is 0.310 e. The van der Waals surface area contributed by atoms with Gasteiger partial charge in [0, 0.05) is 22.7 Å². The molecule has 3 rings (SSSR count). The quantitative estimate of drug-likeness (QED) is 0.275. The number of aliphatic hydroxyl groups excluding tert-OH is 1. The lowest BCUT2D eigenvalue weighted by Gasteiger charge is -2.09. The molecule has 0 saturated heterocycles. The highest BCUT2D eigenvalue weighted by atomic mass is 16.3. The number of benzene rings is 2. The van der Waals surface area contributed by atoms with Crippen LogP contribution in [0.5, 0.6) is 0 Å². The number of nitrogens with one attached hydrogen (secondary N) is 2. The van der Waals surface area contributed by atoms with E-state index in [-0.39, 0.29) is 5.76 Å². The predicted molar refractivity (Wildman–Crippen MR) is 109 cm³/mol. The highest BCUT2D eigenvalue weighted by molar-refractivity contribution is 6.41. The molecule has 0 fully saturated rings. The minimum absolute atomic E-state index is 0.318. The second kappa shape index (κ2) is 8.35. The van der Waals surface area contributed by atoms with Crippen LogP contribution in [-0.4, -0.2) is 27.7 Å². The fourth-order valence-electron chi connectivity index (χ4n) is 2.74. The zero-order chi connectivity index (χ0) is 21.0. The average Bonchev–Trinajstić information content (AvgIpc) is 2.71. The fraction of sp³-hybridized carbons (Fsp3) is 0.0909. The van der Waals surface area contributed by atoms with Gasteiger partial charge in [-0.25, -0.2) is 0 Å². The SMILES string of the molecule is Cc1ccc(/C(O)=C/C(=O)C(=O)NNC(=O)c2cc(C)nc3ccccc23)cc1. The molecule has 0 saturated carbocycles. The predicted octanol–water partition coefficient (Wildman–Crippen LogP) is 2.78. The maximum atomic E-state index is 12.5. The van der Waals surface area contributed by atoms with E-state index in [1.807, 2.05) is 13.0 Å². The standard InChI is InChI=1S/C22H19N3O4/c1-13-7-9-15(10-8-13)19(26)12-20(27)22(29)25-24-21(28)17-11-14(2)23-18-6-4-3-5-16(17)18/h3-12,26H,1-2H3,(H,24,28)(H,25,29)/b19-12-. The third kappa shape index (κ3) is 4.65. The first-order chi connectivity index (χ1) is 13.8. The molecule has 146 valence electrons. The minimum atomic E-state index is -1.08. The van der Waals surface area contributed by atoms with Gasteiger partial charge in [-0.3, -0.25) is 30.2 Å². The third-order valence-electron chi connectivity index (χ3n) is 4.22. The molecule has 0 bridgehead atoms. The molecule has 0 unspecified atom stereocenters. The van der Waals surface area contributed by atoms with E-state index in [2.05, 4.69) is 15.8 Å². The molecule has 0 aliphatic carbocycles. The number of ketones is 1.